The lowest BCUT2D eigenvalue weighted by molar-refractivity contribution is 0.0951. The van der Waals surface area contributed by atoms with E-state index in [2.05, 4.69) is 36.7 Å². The van der Waals surface area contributed by atoms with Gasteiger partial charge in [-0.15, -0.1) is 6.42 Å². The number of terminal acetylenes is 1. The number of aromatic amines is 1. The number of aromatic nitrogens is 4. The maximum atomic E-state index is 12.7. The van der Waals surface area contributed by atoms with Crippen molar-refractivity contribution in [3.8, 4) is 23.7 Å². The molecule has 0 saturated carbocycles. The normalized spacial score (nSPS) is 9.76. The van der Waals surface area contributed by atoms with Crippen LogP contribution >= 0.6 is 0 Å². The summed E-state index contributed by atoms with van der Waals surface area (Å²) in [5.74, 6) is 3.77. The predicted molar refractivity (Wildman–Crippen MR) is 143 cm³/mol. The molecule has 0 atom stereocenters. The third-order valence-electron chi connectivity index (χ3n) is 5.01. The molecule has 2 aromatic carbocycles. The van der Waals surface area contributed by atoms with E-state index in [1.165, 1.54) is 0 Å². The van der Waals surface area contributed by atoms with Crippen LogP contribution in [0.5, 0.6) is 0 Å². The predicted octanol–water partition coefficient (Wildman–Crippen LogP) is 5.71. The minimum Gasteiger partial charge on any atom is -0.378 e. The van der Waals surface area contributed by atoms with Gasteiger partial charge in [-0.25, -0.2) is 4.98 Å². The first kappa shape index (κ1) is 25.8. The highest BCUT2D eigenvalue weighted by Crippen LogP contribution is 2.15. The number of anilines is 1. The van der Waals surface area contributed by atoms with Crippen molar-refractivity contribution >= 4 is 11.6 Å². The number of hydrogen-bond acceptors (Lipinski definition) is 5. The van der Waals surface area contributed by atoms with Crippen molar-refractivity contribution in [2.75, 3.05) is 5.32 Å². The summed E-state index contributed by atoms with van der Waals surface area (Å²) in [6, 6.07) is 16.8. The lowest BCUT2D eigenvalue weighted by atomic mass is 10.1. The van der Waals surface area contributed by atoms with E-state index in [1.54, 1.807) is 24.5 Å². The number of aryl methyl sites for hydroxylation is 1. The topological polar surface area (TPSA) is 95.6 Å². The highest BCUT2D eigenvalue weighted by atomic mass is 16.1. The molecule has 34 heavy (non-hydrogen) atoms. The van der Waals surface area contributed by atoms with Gasteiger partial charge in [0.1, 0.15) is 5.82 Å². The Morgan fingerprint density at radius 2 is 1.88 bits per heavy atom. The van der Waals surface area contributed by atoms with Gasteiger partial charge in [0.05, 0.1) is 6.54 Å². The van der Waals surface area contributed by atoms with Crippen LogP contribution < -0.4 is 10.6 Å². The molecule has 0 spiro atoms. The van der Waals surface area contributed by atoms with E-state index in [4.69, 9.17) is 6.42 Å². The Morgan fingerprint density at radius 3 is 2.65 bits per heavy atom. The number of hydrogen-bond donors (Lipinski definition) is 3. The summed E-state index contributed by atoms with van der Waals surface area (Å²) in [5, 5.41) is 13.4. The standard InChI is InChI=1S/C25H22N6O.2CH4.3H2/c1-3-18-8-7-17(2)21(13-18)15-28-25(32)20-5-4-6-22(14-20)27-16-23-29-24(31-30-23)19-9-11-26-12-10-19;;;;;/h1,4-14,27H,15-16H2,2H3,(H,28,32)(H,29,30,31);2*1H4;3*1H. The molecule has 0 aliphatic carbocycles. The van der Waals surface area contributed by atoms with Gasteiger partial charge in [0, 0.05) is 45.6 Å². The SMILES string of the molecule is C.C.C#Cc1ccc(C)c(CNC(=O)c2cccc(NCc3nc(-c4ccncc4)n[nH]3)c2)c1.[HH].[HH].[HH]. The Labute approximate surface area is 205 Å². The highest BCUT2D eigenvalue weighted by Gasteiger charge is 2.09. The summed E-state index contributed by atoms with van der Waals surface area (Å²) < 4.78 is 0. The van der Waals surface area contributed by atoms with E-state index in [0.717, 1.165) is 27.9 Å². The fourth-order valence-corrected chi connectivity index (χ4v) is 3.19. The Bertz CT molecular complexity index is 1290. The average Bonchev–Trinajstić information content (AvgIpc) is 3.32. The number of benzene rings is 2. The van der Waals surface area contributed by atoms with Crippen LogP contribution in [0, 0.1) is 19.3 Å². The molecule has 4 aromatic rings. The molecule has 0 saturated heterocycles. The fourth-order valence-electron chi connectivity index (χ4n) is 3.19. The van der Waals surface area contributed by atoms with Gasteiger partial charge < -0.3 is 10.6 Å². The van der Waals surface area contributed by atoms with E-state index in [1.807, 2.05) is 49.4 Å². The second kappa shape index (κ2) is 12.0. The van der Waals surface area contributed by atoms with Crippen LogP contribution in [0.4, 0.5) is 5.69 Å². The largest absolute Gasteiger partial charge is 0.378 e. The zero-order chi connectivity index (χ0) is 22.3. The van der Waals surface area contributed by atoms with Crippen molar-refractivity contribution in [2.24, 2.45) is 0 Å². The first-order valence-electron chi connectivity index (χ1n) is 10.1. The van der Waals surface area contributed by atoms with Gasteiger partial charge >= 0.3 is 0 Å². The minimum atomic E-state index is -0.154. The van der Waals surface area contributed by atoms with Crippen LogP contribution in [-0.2, 0) is 13.1 Å². The number of amides is 1. The lowest BCUT2D eigenvalue weighted by Crippen LogP contribution is -2.23. The van der Waals surface area contributed by atoms with Gasteiger partial charge in [-0.05, 0) is 60.5 Å². The summed E-state index contributed by atoms with van der Waals surface area (Å²) >= 11 is 0. The van der Waals surface area contributed by atoms with E-state index < -0.39 is 0 Å². The van der Waals surface area contributed by atoms with Crippen LogP contribution in [0.2, 0.25) is 0 Å². The van der Waals surface area contributed by atoms with Gasteiger partial charge in [0.2, 0.25) is 0 Å². The molecule has 7 nitrogen and oxygen atoms in total. The molecule has 7 heteroatoms. The first-order valence-corrected chi connectivity index (χ1v) is 10.1. The third kappa shape index (κ3) is 6.30. The van der Waals surface area contributed by atoms with Crippen molar-refractivity contribution < 1.29 is 9.07 Å². The molecular weight excluding hydrogens is 424 g/mol. The number of rotatable bonds is 7. The zero-order valence-electron chi connectivity index (χ0n) is 17.6. The van der Waals surface area contributed by atoms with Gasteiger partial charge in [0.25, 0.3) is 5.91 Å². The maximum Gasteiger partial charge on any atom is 0.251 e. The molecule has 1 amide bonds. The van der Waals surface area contributed by atoms with Gasteiger partial charge in [-0.3, -0.25) is 14.9 Å². The van der Waals surface area contributed by atoms with Crippen molar-refractivity contribution in [1.82, 2.24) is 25.5 Å². The summed E-state index contributed by atoms with van der Waals surface area (Å²) in [5.41, 5.74) is 5.15. The summed E-state index contributed by atoms with van der Waals surface area (Å²) in [6.07, 6.45) is 8.88. The molecular formula is C27H36N6O. The first-order chi connectivity index (χ1) is 15.6. The Kier molecular flexibility index (Phi) is 9.09. The molecule has 0 fully saturated rings. The Morgan fingerprint density at radius 1 is 1.09 bits per heavy atom. The highest BCUT2D eigenvalue weighted by molar-refractivity contribution is 5.95. The van der Waals surface area contributed by atoms with E-state index >= 15 is 0 Å². The Hall–Kier alpha value is -4.44. The maximum absolute atomic E-state index is 12.7. The van der Waals surface area contributed by atoms with E-state index in [-0.39, 0.29) is 25.0 Å². The van der Waals surface area contributed by atoms with Crippen LogP contribution in [0.25, 0.3) is 11.4 Å². The molecule has 2 aromatic heterocycles. The van der Waals surface area contributed by atoms with Crippen LogP contribution in [-0.4, -0.2) is 26.1 Å². The molecule has 0 bridgehead atoms. The summed E-state index contributed by atoms with van der Waals surface area (Å²) in [7, 11) is 0. The Balaban J connectivity index is 0. The average molecular weight is 461 g/mol. The number of carbonyl (C=O) groups is 1. The van der Waals surface area contributed by atoms with Crippen LogP contribution in [0.3, 0.4) is 0 Å². The number of nitrogens with zero attached hydrogens (tertiary/aromatic N) is 3. The summed E-state index contributed by atoms with van der Waals surface area (Å²) in [4.78, 5) is 21.1. The van der Waals surface area contributed by atoms with Crippen molar-refractivity contribution in [3.05, 3.63) is 95.1 Å². The zero-order valence-corrected chi connectivity index (χ0v) is 17.6. The number of pyridine rings is 1. The van der Waals surface area contributed by atoms with Crippen molar-refractivity contribution in [3.63, 3.8) is 0 Å². The van der Waals surface area contributed by atoms with E-state index in [0.29, 0.717) is 30.3 Å². The fraction of sp³-hybridized carbons (Fsp3) is 0.185. The van der Waals surface area contributed by atoms with Gasteiger partial charge in [-0.1, -0.05) is 32.9 Å². The monoisotopic (exact) mass is 460 g/mol. The minimum absolute atomic E-state index is 0. The third-order valence-corrected chi connectivity index (χ3v) is 5.01. The van der Waals surface area contributed by atoms with Crippen LogP contribution in [0.1, 0.15) is 52.0 Å². The lowest BCUT2D eigenvalue weighted by Gasteiger charge is -2.10. The summed E-state index contributed by atoms with van der Waals surface area (Å²) in [6.45, 7) is 2.85. The molecule has 3 N–H and O–H groups in total. The van der Waals surface area contributed by atoms with Crippen LogP contribution in [0.15, 0.2) is 67.0 Å². The second-order valence-electron chi connectivity index (χ2n) is 7.24. The van der Waals surface area contributed by atoms with Gasteiger partial charge in [-0.2, -0.15) is 5.10 Å². The number of H-pyrrole nitrogens is 1. The smallest absolute Gasteiger partial charge is 0.251 e. The molecule has 0 radical (unpaired) electrons. The molecule has 4 rings (SSSR count). The van der Waals surface area contributed by atoms with Crippen molar-refractivity contribution in [1.29, 1.82) is 0 Å². The molecule has 2 heterocycles. The second-order valence-corrected chi connectivity index (χ2v) is 7.24. The van der Waals surface area contributed by atoms with E-state index in [9.17, 15) is 4.79 Å². The number of carbonyl (C=O) groups excluding carboxylic acids is 1. The molecule has 0 aliphatic rings. The molecule has 0 unspecified atom stereocenters. The molecule has 0 aliphatic heterocycles. The number of nitrogens with one attached hydrogen (secondary N) is 3. The van der Waals surface area contributed by atoms with Crippen molar-refractivity contribution in [2.45, 2.75) is 34.9 Å². The quantitative estimate of drug-likeness (QED) is 0.307. The molecule has 180 valence electrons. The van der Waals surface area contributed by atoms with Gasteiger partial charge in [0.15, 0.2) is 5.82 Å².